The van der Waals surface area contributed by atoms with Crippen LogP contribution < -0.4 is 10.1 Å². The molecule has 0 spiro atoms. The first-order valence-electron chi connectivity index (χ1n) is 13.0. The minimum absolute atomic E-state index is 0.00392. The minimum Gasteiger partial charge on any atom is -0.507 e. The molecule has 0 aromatic heterocycles. The summed E-state index contributed by atoms with van der Waals surface area (Å²) in [6.45, 7) is 0.0913. The summed E-state index contributed by atoms with van der Waals surface area (Å²) in [5.74, 6) is -3.86. The second kappa shape index (κ2) is 10.8. The van der Waals surface area contributed by atoms with Crippen LogP contribution in [-0.2, 0) is 20.7 Å². The number of nitrogens with one attached hydrogen (secondary N) is 1. The fraction of sp³-hybridized carbons (Fsp3) is 0.464. The van der Waals surface area contributed by atoms with Crippen molar-refractivity contribution in [1.82, 2.24) is 5.32 Å². The van der Waals surface area contributed by atoms with Gasteiger partial charge in [-0.15, -0.1) is 0 Å². The van der Waals surface area contributed by atoms with Gasteiger partial charge in [-0.1, -0.05) is 12.1 Å². The molecule has 3 aliphatic rings. The SMILES string of the molecule is COc1cccc2c1C(=O)c1c(O)c3c(c(O)c1C2=O)CC(O)(C(=O)CO)CC3OC1CC(NCO)C(O)C(C)O1. The first-order valence-corrected chi connectivity index (χ1v) is 13.0. The molecule has 0 amide bonds. The molecule has 0 saturated carbocycles. The third-order valence-electron chi connectivity index (χ3n) is 8.11. The van der Waals surface area contributed by atoms with E-state index in [0.29, 0.717) is 0 Å². The number of ether oxygens (including phenoxy) is 3. The molecule has 6 atom stereocenters. The van der Waals surface area contributed by atoms with Crippen molar-refractivity contribution in [3.63, 3.8) is 0 Å². The second-order valence-corrected chi connectivity index (χ2v) is 10.5. The topological polar surface area (TPSA) is 212 Å². The quantitative estimate of drug-likeness (QED) is 0.142. The molecular weight excluding hydrogens is 542 g/mol. The zero-order valence-electron chi connectivity index (χ0n) is 22.3. The third-order valence-corrected chi connectivity index (χ3v) is 8.11. The number of methoxy groups -OCH3 is 1. The van der Waals surface area contributed by atoms with Crippen molar-refractivity contribution >= 4 is 17.3 Å². The van der Waals surface area contributed by atoms with E-state index in [9.17, 15) is 45.0 Å². The summed E-state index contributed by atoms with van der Waals surface area (Å²) in [6, 6.07) is 3.68. The number of carbonyl (C=O) groups is 3. The zero-order valence-corrected chi connectivity index (χ0v) is 22.3. The Bertz CT molecular complexity index is 1420. The minimum atomic E-state index is -2.27. The molecule has 0 radical (unpaired) electrons. The van der Waals surface area contributed by atoms with Crippen molar-refractivity contribution < 1.29 is 59.2 Å². The number of hydrogen-bond donors (Lipinski definition) is 7. The van der Waals surface area contributed by atoms with E-state index in [-0.39, 0.29) is 34.4 Å². The Hall–Kier alpha value is -3.43. The van der Waals surface area contributed by atoms with Crippen LogP contribution in [0.5, 0.6) is 17.2 Å². The van der Waals surface area contributed by atoms with E-state index in [1.165, 1.54) is 25.3 Å². The van der Waals surface area contributed by atoms with Gasteiger partial charge in [0.25, 0.3) is 0 Å². The summed E-state index contributed by atoms with van der Waals surface area (Å²) in [7, 11) is 1.32. The number of aliphatic hydroxyl groups excluding tert-OH is 3. The van der Waals surface area contributed by atoms with Crippen molar-refractivity contribution in [2.24, 2.45) is 0 Å². The maximum Gasteiger partial charge on any atom is 0.202 e. The highest BCUT2D eigenvalue weighted by atomic mass is 16.7. The highest BCUT2D eigenvalue weighted by molar-refractivity contribution is 6.31. The number of ketones is 3. The van der Waals surface area contributed by atoms with Gasteiger partial charge in [-0.3, -0.25) is 19.7 Å². The molecule has 2 aromatic rings. The van der Waals surface area contributed by atoms with Crippen molar-refractivity contribution in [3.8, 4) is 17.2 Å². The molecule has 220 valence electrons. The standard InChI is InChI=1S/C28H31NO12/c1-11-23(33)14(29-10-31)6-18(40-11)41-16-8-28(38,17(32)9-30)7-13-20(16)27(37)22-21(25(13)35)24(34)12-4-3-5-15(39-2)19(12)26(22)36/h3-5,11,14,16,18,23,29-31,33,35,37-38H,6-10H2,1-2H3. The molecule has 1 aliphatic heterocycles. The average Bonchev–Trinajstić information content (AvgIpc) is 2.95. The Morgan fingerprint density at radius 2 is 1.83 bits per heavy atom. The number of fused-ring (bicyclic) bond motifs is 3. The van der Waals surface area contributed by atoms with Crippen LogP contribution in [0.15, 0.2) is 18.2 Å². The molecule has 0 bridgehead atoms. The summed E-state index contributed by atoms with van der Waals surface area (Å²) in [5.41, 5.74) is -3.75. The third kappa shape index (κ3) is 4.59. The molecule has 1 fully saturated rings. The summed E-state index contributed by atoms with van der Waals surface area (Å²) >= 11 is 0. The summed E-state index contributed by atoms with van der Waals surface area (Å²) in [6.07, 6.45) is -5.33. The average molecular weight is 574 g/mol. The largest absolute Gasteiger partial charge is 0.507 e. The van der Waals surface area contributed by atoms with E-state index in [4.69, 9.17) is 14.2 Å². The number of rotatable bonds is 7. The van der Waals surface area contributed by atoms with Gasteiger partial charge in [0, 0.05) is 42.0 Å². The highest BCUT2D eigenvalue weighted by Crippen LogP contribution is 2.52. The summed E-state index contributed by atoms with van der Waals surface area (Å²) in [5, 5.41) is 66.2. The van der Waals surface area contributed by atoms with Crippen LogP contribution in [0, 0.1) is 0 Å². The van der Waals surface area contributed by atoms with E-state index in [1.807, 2.05) is 0 Å². The lowest BCUT2D eigenvalue weighted by Gasteiger charge is -2.42. The summed E-state index contributed by atoms with van der Waals surface area (Å²) < 4.78 is 17.1. The van der Waals surface area contributed by atoms with Gasteiger partial charge in [-0.2, -0.15) is 0 Å². The van der Waals surface area contributed by atoms with Crippen LogP contribution >= 0.6 is 0 Å². The van der Waals surface area contributed by atoms with E-state index >= 15 is 0 Å². The molecule has 1 saturated heterocycles. The number of benzene rings is 2. The Morgan fingerprint density at radius 1 is 1.12 bits per heavy atom. The van der Waals surface area contributed by atoms with Gasteiger partial charge in [0.05, 0.1) is 48.8 Å². The fourth-order valence-corrected chi connectivity index (χ4v) is 6.04. The van der Waals surface area contributed by atoms with Gasteiger partial charge in [0.1, 0.15) is 29.5 Å². The van der Waals surface area contributed by atoms with Crippen molar-refractivity contribution in [1.29, 1.82) is 0 Å². The number of aliphatic hydroxyl groups is 4. The molecule has 13 nitrogen and oxygen atoms in total. The lowest BCUT2D eigenvalue weighted by atomic mass is 9.72. The molecule has 5 rings (SSSR count). The lowest BCUT2D eigenvalue weighted by molar-refractivity contribution is -0.250. The van der Waals surface area contributed by atoms with Crippen LogP contribution in [0.3, 0.4) is 0 Å². The van der Waals surface area contributed by atoms with Gasteiger partial charge < -0.3 is 44.8 Å². The van der Waals surface area contributed by atoms with Crippen molar-refractivity contribution in [3.05, 3.63) is 51.6 Å². The van der Waals surface area contributed by atoms with Gasteiger partial charge in [0.15, 0.2) is 17.9 Å². The Labute approximate surface area is 233 Å². The molecule has 2 aromatic carbocycles. The van der Waals surface area contributed by atoms with E-state index in [1.54, 1.807) is 6.92 Å². The number of hydrogen-bond acceptors (Lipinski definition) is 13. The van der Waals surface area contributed by atoms with E-state index in [2.05, 4.69) is 5.32 Å². The molecule has 1 heterocycles. The van der Waals surface area contributed by atoms with Crippen molar-refractivity contribution in [2.75, 3.05) is 20.4 Å². The van der Waals surface area contributed by atoms with E-state index in [0.717, 1.165) is 0 Å². The van der Waals surface area contributed by atoms with Crippen LogP contribution in [0.4, 0.5) is 0 Å². The molecule has 2 aliphatic carbocycles. The van der Waals surface area contributed by atoms with Crippen LogP contribution in [0.2, 0.25) is 0 Å². The zero-order chi connectivity index (χ0) is 29.8. The Kier molecular flexibility index (Phi) is 7.63. The fourth-order valence-electron chi connectivity index (χ4n) is 6.04. The Balaban J connectivity index is 1.66. The number of phenolic OH excluding ortho intramolecular Hbond substituents is 2. The maximum absolute atomic E-state index is 13.7. The van der Waals surface area contributed by atoms with Crippen LogP contribution in [-0.4, -0.2) is 98.6 Å². The molecule has 13 heteroatoms. The van der Waals surface area contributed by atoms with E-state index < -0.39 is 102 Å². The lowest BCUT2D eigenvalue weighted by Crippen LogP contribution is -2.54. The Morgan fingerprint density at radius 3 is 2.49 bits per heavy atom. The molecule has 7 N–H and O–H groups in total. The predicted molar refractivity (Wildman–Crippen MR) is 138 cm³/mol. The van der Waals surface area contributed by atoms with Gasteiger partial charge in [0.2, 0.25) is 5.78 Å². The predicted octanol–water partition coefficient (Wildman–Crippen LogP) is -0.418. The monoisotopic (exact) mass is 573 g/mol. The molecule has 6 unspecified atom stereocenters. The molecule has 41 heavy (non-hydrogen) atoms. The van der Waals surface area contributed by atoms with Crippen molar-refractivity contribution in [2.45, 2.75) is 62.4 Å². The van der Waals surface area contributed by atoms with Crippen LogP contribution in [0.1, 0.15) is 68.8 Å². The second-order valence-electron chi connectivity index (χ2n) is 10.5. The van der Waals surface area contributed by atoms with Gasteiger partial charge in [-0.25, -0.2) is 0 Å². The first kappa shape index (κ1) is 29.1. The van der Waals surface area contributed by atoms with Gasteiger partial charge in [-0.05, 0) is 13.0 Å². The number of phenols is 2. The summed E-state index contributed by atoms with van der Waals surface area (Å²) in [4.78, 5) is 39.9. The maximum atomic E-state index is 13.7. The first-order chi connectivity index (χ1) is 19.5. The number of carbonyl (C=O) groups excluding carboxylic acids is 3. The smallest absolute Gasteiger partial charge is 0.202 e. The normalized spacial score (nSPS) is 29.0. The number of aromatic hydroxyl groups is 2. The van der Waals surface area contributed by atoms with Crippen LogP contribution in [0.25, 0.3) is 0 Å². The molecular formula is C28H31NO12. The number of Topliss-reactive ketones (excluding diaryl/α,β-unsaturated/α-hetero) is 1. The highest BCUT2D eigenvalue weighted by Gasteiger charge is 2.50. The van der Waals surface area contributed by atoms with Gasteiger partial charge >= 0.3 is 0 Å².